The van der Waals surface area contributed by atoms with Crippen LogP contribution in [0.25, 0.3) is 0 Å². The van der Waals surface area contributed by atoms with Crippen molar-refractivity contribution in [1.82, 2.24) is 15.1 Å². The van der Waals surface area contributed by atoms with Crippen molar-refractivity contribution < 1.29 is 9.53 Å². The highest BCUT2D eigenvalue weighted by Gasteiger charge is 2.28. The van der Waals surface area contributed by atoms with Crippen LogP contribution in [0.4, 0.5) is 0 Å². The van der Waals surface area contributed by atoms with Crippen molar-refractivity contribution in [2.45, 2.75) is 40.0 Å². The molecule has 0 aliphatic carbocycles. The van der Waals surface area contributed by atoms with Gasteiger partial charge in [0.25, 0.3) is 0 Å². The second-order valence-corrected chi connectivity index (χ2v) is 7.72. The normalized spacial score (nSPS) is 28.7. The number of carbonyl (C=O) groups excluding carboxylic acids is 1. The number of nitrogens with zero attached hydrogens (tertiary/aromatic N) is 3. The summed E-state index contributed by atoms with van der Waals surface area (Å²) in [5.41, 5.74) is 0. The van der Waals surface area contributed by atoms with Gasteiger partial charge in [-0.2, -0.15) is 0 Å². The molecule has 0 spiro atoms. The topological polar surface area (TPSA) is 57.2 Å². The number of guanidine groups is 1. The maximum atomic E-state index is 12.0. The van der Waals surface area contributed by atoms with Crippen LogP contribution in [0, 0.1) is 17.8 Å². The zero-order valence-corrected chi connectivity index (χ0v) is 16.5. The summed E-state index contributed by atoms with van der Waals surface area (Å²) < 4.78 is 5.19. The van der Waals surface area contributed by atoms with Gasteiger partial charge in [-0.3, -0.25) is 9.79 Å². The van der Waals surface area contributed by atoms with Crippen molar-refractivity contribution in [1.29, 1.82) is 0 Å². The van der Waals surface area contributed by atoms with Crippen LogP contribution in [0.1, 0.15) is 40.0 Å². The fourth-order valence-electron chi connectivity index (χ4n) is 4.25. The largest absolute Gasteiger partial charge is 0.466 e. The van der Waals surface area contributed by atoms with Crippen molar-refractivity contribution in [2.24, 2.45) is 22.7 Å². The van der Waals surface area contributed by atoms with Gasteiger partial charge in [0.05, 0.1) is 12.5 Å². The molecule has 6 nitrogen and oxygen atoms in total. The van der Waals surface area contributed by atoms with Gasteiger partial charge in [0.1, 0.15) is 0 Å². The molecule has 0 amide bonds. The van der Waals surface area contributed by atoms with E-state index in [1.807, 2.05) is 14.0 Å². The summed E-state index contributed by atoms with van der Waals surface area (Å²) in [6, 6.07) is 0. The molecule has 1 N–H and O–H groups in total. The average molecular weight is 353 g/mol. The van der Waals surface area contributed by atoms with Gasteiger partial charge in [0.2, 0.25) is 0 Å². The second kappa shape index (κ2) is 10.00. The molecule has 0 aromatic carbocycles. The third-order valence-corrected chi connectivity index (χ3v) is 5.21. The SMILES string of the molecule is CCOC(=O)C1CCCN(C(=NC)NCCN2CC(C)CC(C)C2)C1. The molecule has 25 heavy (non-hydrogen) atoms. The molecule has 2 rings (SSSR count). The lowest BCUT2D eigenvalue weighted by atomic mass is 9.92. The summed E-state index contributed by atoms with van der Waals surface area (Å²) in [6.45, 7) is 13.0. The summed E-state index contributed by atoms with van der Waals surface area (Å²) in [4.78, 5) is 21.2. The predicted octanol–water partition coefficient (Wildman–Crippen LogP) is 1.81. The van der Waals surface area contributed by atoms with E-state index in [0.29, 0.717) is 13.2 Å². The second-order valence-electron chi connectivity index (χ2n) is 7.72. The molecule has 144 valence electrons. The molecule has 2 fully saturated rings. The number of likely N-dealkylation sites (tertiary alicyclic amines) is 2. The van der Waals surface area contributed by atoms with Crippen LogP contribution in [0.5, 0.6) is 0 Å². The first-order valence-electron chi connectivity index (χ1n) is 9.88. The van der Waals surface area contributed by atoms with Gasteiger partial charge >= 0.3 is 5.97 Å². The molecule has 3 unspecified atom stereocenters. The number of nitrogens with one attached hydrogen (secondary N) is 1. The van der Waals surface area contributed by atoms with Gasteiger partial charge in [-0.15, -0.1) is 0 Å². The summed E-state index contributed by atoms with van der Waals surface area (Å²) in [5, 5.41) is 3.49. The maximum absolute atomic E-state index is 12.0. The first-order chi connectivity index (χ1) is 12.0. The molecule has 6 heteroatoms. The van der Waals surface area contributed by atoms with Gasteiger partial charge in [-0.1, -0.05) is 13.8 Å². The van der Waals surface area contributed by atoms with Crippen molar-refractivity contribution in [3.05, 3.63) is 0 Å². The Labute approximate surface area is 153 Å². The van der Waals surface area contributed by atoms with E-state index in [4.69, 9.17) is 4.74 Å². The highest BCUT2D eigenvalue weighted by molar-refractivity contribution is 5.81. The number of hydrogen-bond acceptors (Lipinski definition) is 4. The lowest BCUT2D eigenvalue weighted by molar-refractivity contribution is -0.149. The molecule has 2 heterocycles. The van der Waals surface area contributed by atoms with Crippen LogP contribution in [0.3, 0.4) is 0 Å². The number of aliphatic imine (C=N–C) groups is 1. The summed E-state index contributed by atoms with van der Waals surface area (Å²) in [5.74, 6) is 2.38. The van der Waals surface area contributed by atoms with Gasteiger partial charge in [0.15, 0.2) is 5.96 Å². The highest BCUT2D eigenvalue weighted by Crippen LogP contribution is 2.20. The highest BCUT2D eigenvalue weighted by atomic mass is 16.5. The van der Waals surface area contributed by atoms with E-state index < -0.39 is 0 Å². The van der Waals surface area contributed by atoms with Gasteiger partial charge in [0, 0.05) is 46.3 Å². The van der Waals surface area contributed by atoms with Gasteiger partial charge in [-0.25, -0.2) is 0 Å². The Morgan fingerprint density at radius 3 is 2.60 bits per heavy atom. The maximum Gasteiger partial charge on any atom is 0.310 e. The Balaban J connectivity index is 1.78. The van der Waals surface area contributed by atoms with Crippen LogP contribution >= 0.6 is 0 Å². The third-order valence-electron chi connectivity index (χ3n) is 5.21. The quantitative estimate of drug-likeness (QED) is 0.465. The molecule has 2 aliphatic heterocycles. The Hall–Kier alpha value is -1.30. The van der Waals surface area contributed by atoms with E-state index in [2.05, 4.69) is 34.0 Å². The molecular weight excluding hydrogens is 316 g/mol. The third kappa shape index (κ3) is 6.17. The number of piperidine rings is 2. The number of hydrogen-bond donors (Lipinski definition) is 1. The smallest absolute Gasteiger partial charge is 0.310 e. The van der Waals surface area contributed by atoms with Crippen molar-refractivity contribution in [3.63, 3.8) is 0 Å². The van der Waals surface area contributed by atoms with E-state index in [9.17, 15) is 4.79 Å². The first-order valence-corrected chi connectivity index (χ1v) is 9.88. The van der Waals surface area contributed by atoms with Crippen LogP contribution in [0.2, 0.25) is 0 Å². The molecule has 0 saturated carbocycles. The van der Waals surface area contributed by atoms with Crippen LogP contribution in [0.15, 0.2) is 4.99 Å². The lowest BCUT2D eigenvalue weighted by Crippen LogP contribution is -2.50. The Morgan fingerprint density at radius 2 is 1.96 bits per heavy atom. The molecule has 0 aromatic rings. The average Bonchev–Trinajstić information content (AvgIpc) is 2.58. The minimum absolute atomic E-state index is 0.0314. The first kappa shape index (κ1) is 20.0. The molecule has 0 aromatic heterocycles. The summed E-state index contributed by atoms with van der Waals surface area (Å²) >= 11 is 0. The van der Waals surface area contributed by atoms with Gasteiger partial charge < -0.3 is 19.9 Å². The lowest BCUT2D eigenvalue weighted by Gasteiger charge is -2.36. The molecule has 2 aliphatic rings. The molecule has 2 saturated heterocycles. The number of carbonyl (C=O) groups is 1. The van der Waals surface area contributed by atoms with Crippen molar-refractivity contribution >= 4 is 11.9 Å². The summed E-state index contributed by atoms with van der Waals surface area (Å²) in [7, 11) is 1.82. The minimum Gasteiger partial charge on any atom is -0.466 e. The van der Waals surface area contributed by atoms with Crippen molar-refractivity contribution in [3.8, 4) is 0 Å². The molecule has 0 bridgehead atoms. The van der Waals surface area contributed by atoms with Crippen molar-refractivity contribution in [2.75, 3.05) is 52.9 Å². The Kier molecular flexibility index (Phi) is 8.00. The van der Waals surface area contributed by atoms with Crippen LogP contribution in [-0.2, 0) is 9.53 Å². The minimum atomic E-state index is -0.0704. The molecular formula is C19H36N4O2. The molecule has 3 atom stereocenters. The Morgan fingerprint density at radius 1 is 1.24 bits per heavy atom. The van der Waals surface area contributed by atoms with E-state index in [-0.39, 0.29) is 11.9 Å². The predicted molar refractivity (Wildman–Crippen MR) is 102 cm³/mol. The zero-order chi connectivity index (χ0) is 18.2. The number of ether oxygens (including phenoxy) is 1. The van der Waals surface area contributed by atoms with Crippen LogP contribution in [-0.4, -0.2) is 74.7 Å². The Bertz CT molecular complexity index is 445. The van der Waals surface area contributed by atoms with E-state index >= 15 is 0 Å². The standard InChI is InChI=1S/C19H36N4O2/c1-5-25-18(24)17-7-6-9-23(14-17)19(20-4)21-8-10-22-12-15(2)11-16(3)13-22/h15-17H,5-14H2,1-4H3,(H,20,21). The number of rotatable bonds is 5. The van der Waals surface area contributed by atoms with Crippen LogP contribution < -0.4 is 5.32 Å². The number of esters is 1. The van der Waals surface area contributed by atoms with E-state index in [0.717, 1.165) is 50.3 Å². The van der Waals surface area contributed by atoms with Gasteiger partial charge in [-0.05, 0) is 38.0 Å². The van der Waals surface area contributed by atoms with E-state index in [1.165, 1.54) is 19.5 Å². The monoisotopic (exact) mass is 352 g/mol. The molecule has 0 radical (unpaired) electrons. The van der Waals surface area contributed by atoms with E-state index in [1.54, 1.807) is 0 Å². The fraction of sp³-hybridized carbons (Fsp3) is 0.895. The zero-order valence-electron chi connectivity index (χ0n) is 16.5. The fourth-order valence-corrected chi connectivity index (χ4v) is 4.25. The summed E-state index contributed by atoms with van der Waals surface area (Å²) in [6.07, 6.45) is 3.26.